The van der Waals surface area contributed by atoms with Gasteiger partial charge in [0.05, 0.1) is 6.26 Å². The number of fused-ring (bicyclic) bond motifs is 1. The number of nitrogens with one attached hydrogen (secondary N) is 1. The first-order chi connectivity index (χ1) is 8.24. The van der Waals surface area contributed by atoms with E-state index in [1.54, 1.807) is 12.3 Å². The number of carbonyl (C=O) groups excluding carboxylic acids is 1. The molecule has 0 bridgehead atoms. The highest BCUT2D eigenvalue weighted by Crippen LogP contribution is 2.31. The Kier molecular flexibility index (Phi) is 2.21. The van der Waals surface area contributed by atoms with E-state index < -0.39 is 0 Å². The van der Waals surface area contributed by atoms with Crippen LogP contribution >= 0.6 is 0 Å². The Morgan fingerprint density at radius 2 is 2.06 bits per heavy atom. The first-order valence-corrected chi connectivity index (χ1v) is 5.53. The largest absolute Gasteiger partial charge is 0.469 e. The van der Waals surface area contributed by atoms with E-state index in [4.69, 9.17) is 4.42 Å². The third-order valence-corrected chi connectivity index (χ3v) is 3.13. The maximum absolute atomic E-state index is 11.9. The Morgan fingerprint density at radius 1 is 1.18 bits per heavy atom. The summed E-state index contributed by atoms with van der Waals surface area (Å²) in [6.07, 6.45) is 2.68. The number of pyridine rings is 1. The van der Waals surface area contributed by atoms with Crippen molar-refractivity contribution in [3.05, 3.63) is 57.9 Å². The normalized spacial score (nSPS) is 19.1. The van der Waals surface area contributed by atoms with Crippen molar-refractivity contribution in [2.24, 2.45) is 0 Å². The Labute approximate surface area is 97.3 Å². The van der Waals surface area contributed by atoms with Crippen molar-refractivity contribution in [3.63, 3.8) is 0 Å². The number of carbonyl (C=O) groups is 1. The molecular weight excluding hydrogens is 218 g/mol. The summed E-state index contributed by atoms with van der Waals surface area (Å²) in [5.41, 5.74) is 1.18. The minimum absolute atomic E-state index is 0.0306. The molecule has 1 N–H and O–H groups in total. The van der Waals surface area contributed by atoms with Gasteiger partial charge in [0.1, 0.15) is 5.76 Å². The summed E-state index contributed by atoms with van der Waals surface area (Å²) in [7, 11) is 0. The zero-order valence-corrected chi connectivity index (χ0v) is 9.10. The number of aromatic nitrogens is 1. The molecule has 4 nitrogen and oxygen atoms in total. The molecule has 4 heteroatoms. The molecule has 0 fully saturated rings. The minimum Gasteiger partial charge on any atom is -0.469 e. The number of hydrogen-bond donors (Lipinski definition) is 1. The lowest BCUT2D eigenvalue weighted by Crippen LogP contribution is -2.23. The molecule has 2 aromatic rings. The van der Waals surface area contributed by atoms with E-state index in [1.807, 2.05) is 12.1 Å². The first-order valence-electron chi connectivity index (χ1n) is 5.53. The van der Waals surface area contributed by atoms with E-state index in [2.05, 4.69) is 4.98 Å². The quantitative estimate of drug-likeness (QED) is 0.812. The van der Waals surface area contributed by atoms with Crippen molar-refractivity contribution in [1.29, 1.82) is 0 Å². The lowest BCUT2D eigenvalue weighted by Gasteiger charge is -2.21. The van der Waals surface area contributed by atoms with Crippen molar-refractivity contribution >= 4 is 5.78 Å². The van der Waals surface area contributed by atoms with Crippen LogP contribution in [0.15, 0.2) is 39.7 Å². The van der Waals surface area contributed by atoms with Crippen LogP contribution < -0.4 is 5.56 Å². The summed E-state index contributed by atoms with van der Waals surface area (Å²) in [5, 5.41) is 0. The highest BCUT2D eigenvalue weighted by Gasteiger charge is 2.28. The van der Waals surface area contributed by atoms with E-state index in [0.717, 1.165) is 11.5 Å². The van der Waals surface area contributed by atoms with Crippen molar-refractivity contribution in [1.82, 2.24) is 4.98 Å². The van der Waals surface area contributed by atoms with Gasteiger partial charge in [-0.2, -0.15) is 0 Å². The fraction of sp³-hybridized carbons (Fsp3) is 0.231. The van der Waals surface area contributed by atoms with Crippen LogP contribution in [-0.4, -0.2) is 10.8 Å². The number of furan rings is 1. The van der Waals surface area contributed by atoms with Crippen LogP contribution in [0.1, 0.15) is 34.2 Å². The van der Waals surface area contributed by atoms with Crippen molar-refractivity contribution in [3.8, 4) is 0 Å². The highest BCUT2D eigenvalue weighted by atomic mass is 16.3. The smallest absolute Gasteiger partial charge is 0.248 e. The number of rotatable bonds is 1. The first kappa shape index (κ1) is 10.1. The van der Waals surface area contributed by atoms with E-state index >= 15 is 0 Å². The fourth-order valence-corrected chi connectivity index (χ4v) is 2.32. The number of Topliss-reactive ketones (excluding diaryl/α,β-unsaturated/α-hetero) is 1. The zero-order chi connectivity index (χ0) is 11.8. The average molecular weight is 229 g/mol. The summed E-state index contributed by atoms with van der Waals surface area (Å²) in [6.45, 7) is 0. The summed E-state index contributed by atoms with van der Waals surface area (Å²) < 4.78 is 5.32. The molecule has 17 heavy (non-hydrogen) atoms. The molecule has 1 aliphatic rings. The van der Waals surface area contributed by atoms with Gasteiger partial charge in [-0.3, -0.25) is 9.59 Å². The molecule has 0 amide bonds. The summed E-state index contributed by atoms with van der Waals surface area (Å²) in [4.78, 5) is 25.9. The van der Waals surface area contributed by atoms with Gasteiger partial charge in [0.15, 0.2) is 5.78 Å². The summed E-state index contributed by atoms with van der Waals surface area (Å²) in [5.74, 6) is 0.889. The SMILES string of the molecule is O=C1C[C@@H](c2ccco2)Cc2[nH]c(=O)ccc21. The lowest BCUT2D eigenvalue weighted by atomic mass is 9.84. The number of aromatic amines is 1. The molecule has 0 spiro atoms. The molecule has 86 valence electrons. The van der Waals surface area contributed by atoms with Crippen LogP contribution in [0.25, 0.3) is 0 Å². The third kappa shape index (κ3) is 1.71. The van der Waals surface area contributed by atoms with Gasteiger partial charge >= 0.3 is 0 Å². The van der Waals surface area contributed by atoms with Gasteiger partial charge in [-0.1, -0.05) is 0 Å². The summed E-state index contributed by atoms with van der Waals surface area (Å²) >= 11 is 0. The molecule has 1 aliphatic carbocycles. The van der Waals surface area contributed by atoms with Gasteiger partial charge < -0.3 is 9.40 Å². The van der Waals surface area contributed by atoms with E-state index in [9.17, 15) is 9.59 Å². The number of ketones is 1. The molecule has 2 aromatic heterocycles. The lowest BCUT2D eigenvalue weighted by molar-refractivity contribution is 0.0959. The Hall–Kier alpha value is -2.10. The second-order valence-corrected chi connectivity index (χ2v) is 4.26. The van der Waals surface area contributed by atoms with E-state index in [0.29, 0.717) is 18.4 Å². The predicted octanol–water partition coefficient (Wildman–Crippen LogP) is 1.88. The maximum Gasteiger partial charge on any atom is 0.248 e. The molecule has 0 radical (unpaired) electrons. The molecule has 0 aliphatic heterocycles. The molecular formula is C13H11NO3. The molecule has 1 atom stereocenters. The van der Waals surface area contributed by atoms with Gasteiger partial charge in [0, 0.05) is 29.7 Å². The Morgan fingerprint density at radius 3 is 2.82 bits per heavy atom. The number of H-pyrrole nitrogens is 1. The zero-order valence-electron chi connectivity index (χ0n) is 9.10. The third-order valence-electron chi connectivity index (χ3n) is 3.13. The molecule has 0 saturated carbocycles. The van der Waals surface area contributed by atoms with Crippen LogP contribution in [0.2, 0.25) is 0 Å². The van der Waals surface area contributed by atoms with Crippen molar-refractivity contribution in [2.75, 3.05) is 0 Å². The molecule has 0 aromatic carbocycles. The maximum atomic E-state index is 11.9. The van der Waals surface area contributed by atoms with Crippen molar-refractivity contribution < 1.29 is 9.21 Å². The number of hydrogen-bond acceptors (Lipinski definition) is 3. The van der Waals surface area contributed by atoms with E-state index in [1.165, 1.54) is 6.07 Å². The Balaban J connectivity index is 2.02. The predicted molar refractivity (Wildman–Crippen MR) is 61.2 cm³/mol. The van der Waals surface area contributed by atoms with Gasteiger partial charge in [0.2, 0.25) is 5.56 Å². The second-order valence-electron chi connectivity index (χ2n) is 4.26. The van der Waals surface area contributed by atoms with E-state index in [-0.39, 0.29) is 17.3 Å². The second kappa shape index (κ2) is 3.73. The molecule has 0 saturated heterocycles. The van der Waals surface area contributed by atoms with Crippen LogP contribution in [-0.2, 0) is 6.42 Å². The molecule has 2 heterocycles. The fourth-order valence-electron chi connectivity index (χ4n) is 2.32. The van der Waals surface area contributed by atoms with Crippen molar-refractivity contribution in [2.45, 2.75) is 18.8 Å². The van der Waals surface area contributed by atoms with Gasteiger partial charge in [-0.05, 0) is 24.6 Å². The van der Waals surface area contributed by atoms with Crippen LogP contribution in [0.4, 0.5) is 0 Å². The van der Waals surface area contributed by atoms with Gasteiger partial charge in [-0.25, -0.2) is 0 Å². The van der Waals surface area contributed by atoms with Crippen LogP contribution in [0, 0.1) is 0 Å². The Bertz CT molecular complexity index is 610. The summed E-state index contributed by atoms with van der Waals surface area (Å²) in [6, 6.07) is 6.67. The standard InChI is InChI=1S/C13H11NO3/c15-11-7-8(12-2-1-5-17-12)6-10-9(11)3-4-13(16)14-10/h1-5,8H,6-7H2,(H,14,16)/t8-/m0/s1. The molecule has 0 unspecified atom stereocenters. The highest BCUT2D eigenvalue weighted by molar-refractivity contribution is 5.98. The van der Waals surface area contributed by atoms with Crippen LogP contribution in [0.3, 0.4) is 0 Å². The topological polar surface area (TPSA) is 63.1 Å². The average Bonchev–Trinajstić information content (AvgIpc) is 2.81. The minimum atomic E-state index is -0.170. The van der Waals surface area contributed by atoms with Gasteiger partial charge in [-0.15, -0.1) is 0 Å². The van der Waals surface area contributed by atoms with Crippen LogP contribution in [0.5, 0.6) is 0 Å². The van der Waals surface area contributed by atoms with Gasteiger partial charge in [0.25, 0.3) is 0 Å². The molecule has 3 rings (SSSR count). The monoisotopic (exact) mass is 229 g/mol.